The number of rotatable bonds is 9. The first-order valence-electron chi connectivity index (χ1n) is 16.4. The Morgan fingerprint density at radius 2 is 0.673 bits per heavy atom. The van der Waals surface area contributed by atoms with Crippen molar-refractivity contribution in [1.29, 1.82) is 0 Å². The van der Waals surface area contributed by atoms with Gasteiger partial charge in [0.05, 0.1) is 5.56 Å². The van der Waals surface area contributed by atoms with Crippen LogP contribution in [0.5, 0.6) is 0 Å². The first-order valence-corrected chi connectivity index (χ1v) is 16.4. The second-order valence-electron chi connectivity index (χ2n) is 11.7. The van der Waals surface area contributed by atoms with Crippen molar-refractivity contribution in [3.05, 3.63) is 200 Å². The van der Waals surface area contributed by atoms with Gasteiger partial charge in [-0.25, -0.2) is 0 Å². The van der Waals surface area contributed by atoms with Crippen LogP contribution in [0.15, 0.2) is 205 Å². The van der Waals surface area contributed by atoms with Crippen LogP contribution in [-0.2, 0) is 0 Å². The fourth-order valence-corrected chi connectivity index (χ4v) is 6.34. The number of hydrogen-bond donors (Lipinski definition) is 0. The fraction of sp³-hybridized carbons (Fsp3) is 0. The number of aromatic nitrogens is 1. The Hall–Kier alpha value is -6.65. The molecule has 0 unspecified atom stereocenters. The van der Waals surface area contributed by atoms with Gasteiger partial charge in [-0.1, -0.05) is 139 Å². The quantitative estimate of drug-likeness (QED) is 0.159. The predicted molar refractivity (Wildman–Crippen MR) is 202 cm³/mol. The minimum atomic E-state index is 0.722. The summed E-state index contributed by atoms with van der Waals surface area (Å²) in [6.07, 6.45) is 0. The highest BCUT2D eigenvalue weighted by molar-refractivity contribution is 5.95. The minimum absolute atomic E-state index is 0.722. The lowest BCUT2D eigenvalue weighted by Gasteiger charge is -2.30. The van der Waals surface area contributed by atoms with Gasteiger partial charge in [-0.15, -0.1) is 0 Å². The first-order chi connectivity index (χ1) is 24.3. The van der Waals surface area contributed by atoms with Crippen LogP contribution in [0.2, 0.25) is 0 Å². The monoisotopic (exact) mass is 631 g/mol. The molecule has 0 aliphatic carbocycles. The van der Waals surface area contributed by atoms with Gasteiger partial charge in [0.25, 0.3) is 0 Å². The van der Waals surface area contributed by atoms with E-state index < -0.39 is 0 Å². The Morgan fingerprint density at radius 3 is 1.06 bits per heavy atom. The van der Waals surface area contributed by atoms with Gasteiger partial charge < -0.3 is 14.3 Å². The second kappa shape index (κ2) is 13.6. The Morgan fingerprint density at radius 1 is 0.327 bits per heavy atom. The molecule has 0 bridgehead atoms. The lowest BCUT2D eigenvalue weighted by atomic mass is 9.95. The molecule has 8 rings (SSSR count). The van der Waals surface area contributed by atoms with E-state index in [2.05, 4.69) is 174 Å². The molecule has 1 aromatic heterocycles. The molecule has 8 aromatic rings. The Labute approximate surface area is 286 Å². The van der Waals surface area contributed by atoms with E-state index in [1.54, 1.807) is 0 Å². The van der Waals surface area contributed by atoms with E-state index in [1.807, 2.05) is 36.4 Å². The van der Waals surface area contributed by atoms with Crippen molar-refractivity contribution in [2.24, 2.45) is 0 Å². The van der Waals surface area contributed by atoms with E-state index in [9.17, 15) is 0 Å². The normalized spacial score (nSPS) is 10.9. The predicted octanol–water partition coefficient (Wildman–Crippen LogP) is 12.6. The molecule has 0 atom stereocenters. The van der Waals surface area contributed by atoms with Gasteiger partial charge >= 0.3 is 0 Å². The Bertz CT molecular complexity index is 2020. The van der Waals surface area contributed by atoms with Crippen LogP contribution < -0.4 is 9.80 Å². The van der Waals surface area contributed by atoms with Gasteiger partial charge in [-0.2, -0.15) is 0 Å². The van der Waals surface area contributed by atoms with Crippen LogP contribution in [-0.4, -0.2) is 5.16 Å². The van der Waals surface area contributed by atoms with Crippen molar-refractivity contribution < 1.29 is 4.52 Å². The maximum Gasteiger partial charge on any atom is 0.175 e. The molecule has 0 aliphatic rings. The molecule has 234 valence electrons. The molecule has 7 aromatic carbocycles. The highest BCUT2D eigenvalue weighted by Gasteiger charge is 2.25. The number of nitrogens with zero attached hydrogens (tertiary/aromatic N) is 3. The van der Waals surface area contributed by atoms with Crippen molar-refractivity contribution in [1.82, 2.24) is 5.16 Å². The summed E-state index contributed by atoms with van der Waals surface area (Å²) in [4.78, 5) is 4.61. The topological polar surface area (TPSA) is 32.5 Å². The van der Waals surface area contributed by atoms with Crippen molar-refractivity contribution in [2.75, 3.05) is 9.80 Å². The molecule has 4 nitrogen and oxygen atoms in total. The third-order valence-corrected chi connectivity index (χ3v) is 8.54. The lowest BCUT2D eigenvalue weighted by molar-refractivity contribution is 0.435. The van der Waals surface area contributed by atoms with E-state index >= 15 is 0 Å². The van der Waals surface area contributed by atoms with Crippen molar-refractivity contribution in [3.8, 4) is 33.7 Å². The molecule has 0 fully saturated rings. The van der Waals surface area contributed by atoms with E-state index in [0.717, 1.165) is 67.8 Å². The Kier molecular flexibility index (Phi) is 8.25. The number of benzene rings is 7. The zero-order valence-electron chi connectivity index (χ0n) is 26.8. The zero-order valence-corrected chi connectivity index (χ0v) is 26.8. The number of hydrogen-bond acceptors (Lipinski definition) is 4. The molecule has 0 saturated heterocycles. The maximum absolute atomic E-state index is 6.25. The maximum atomic E-state index is 6.25. The highest BCUT2D eigenvalue weighted by Crippen LogP contribution is 2.46. The third kappa shape index (κ3) is 6.11. The van der Waals surface area contributed by atoms with E-state index in [4.69, 9.17) is 9.68 Å². The minimum Gasteiger partial charge on any atom is -0.355 e. The summed E-state index contributed by atoms with van der Waals surface area (Å²) >= 11 is 0. The van der Waals surface area contributed by atoms with Crippen molar-refractivity contribution >= 4 is 34.1 Å². The molecule has 0 amide bonds. The molecule has 0 aliphatic heterocycles. The highest BCUT2D eigenvalue weighted by atomic mass is 16.5. The molecular weight excluding hydrogens is 599 g/mol. The van der Waals surface area contributed by atoms with Crippen LogP contribution in [0.4, 0.5) is 34.1 Å². The summed E-state index contributed by atoms with van der Waals surface area (Å²) in [5.74, 6) is 0.722. The van der Waals surface area contributed by atoms with Gasteiger partial charge in [0.15, 0.2) is 5.76 Å². The number of anilines is 6. The van der Waals surface area contributed by atoms with Crippen molar-refractivity contribution in [2.45, 2.75) is 0 Å². The second-order valence-corrected chi connectivity index (χ2v) is 11.7. The molecule has 49 heavy (non-hydrogen) atoms. The van der Waals surface area contributed by atoms with Crippen LogP contribution >= 0.6 is 0 Å². The van der Waals surface area contributed by atoms with E-state index in [0.29, 0.717) is 0 Å². The summed E-state index contributed by atoms with van der Waals surface area (Å²) in [5.41, 5.74) is 10.9. The summed E-state index contributed by atoms with van der Waals surface area (Å²) in [5, 5.41) is 4.72. The summed E-state index contributed by atoms with van der Waals surface area (Å²) in [7, 11) is 0. The van der Waals surface area contributed by atoms with Crippen LogP contribution in [0, 0.1) is 0 Å². The van der Waals surface area contributed by atoms with Gasteiger partial charge in [0.2, 0.25) is 0 Å². The molecule has 0 spiro atoms. The zero-order chi connectivity index (χ0) is 32.8. The standard InChI is InChI=1S/C45H33N3O/c1-7-19-34(20-8-1)44-43(45(49-46-44)35-21-9-2-10-22-35)36-31-41(47(37-23-11-3-12-24-37)38-25-13-4-14-26-38)33-42(32-36)48(39-27-15-5-16-28-39)40-29-17-6-18-30-40/h1-33H. The molecule has 4 heteroatoms. The van der Waals surface area contributed by atoms with E-state index in [-0.39, 0.29) is 0 Å². The average molecular weight is 632 g/mol. The van der Waals surface area contributed by atoms with Crippen LogP contribution in [0.3, 0.4) is 0 Å². The largest absolute Gasteiger partial charge is 0.355 e. The molecular formula is C45H33N3O. The smallest absolute Gasteiger partial charge is 0.175 e. The number of para-hydroxylation sites is 4. The molecule has 1 heterocycles. The van der Waals surface area contributed by atoms with Crippen molar-refractivity contribution in [3.63, 3.8) is 0 Å². The Balaban J connectivity index is 1.45. The van der Waals surface area contributed by atoms with Gasteiger partial charge in [-0.05, 0) is 72.3 Å². The first kappa shape index (κ1) is 29.7. The van der Waals surface area contributed by atoms with E-state index in [1.165, 1.54) is 0 Å². The molecule has 0 radical (unpaired) electrons. The summed E-state index contributed by atoms with van der Waals surface area (Å²) in [6.45, 7) is 0. The lowest BCUT2D eigenvalue weighted by Crippen LogP contribution is -2.13. The van der Waals surface area contributed by atoms with Crippen LogP contribution in [0.25, 0.3) is 33.7 Å². The van der Waals surface area contributed by atoms with Crippen LogP contribution in [0.1, 0.15) is 0 Å². The summed E-state index contributed by atoms with van der Waals surface area (Å²) in [6, 6.07) is 69.3. The molecule has 0 N–H and O–H groups in total. The average Bonchev–Trinajstić information content (AvgIpc) is 3.63. The van der Waals surface area contributed by atoms with Gasteiger partial charge in [0.1, 0.15) is 5.69 Å². The fourth-order valence-electron chi connectivity index (χ4n) is 6.34. The van der Waals surface area contributed by atoms with Gasteiger partial charge in [0, 0.05) is 45.3 Å². The third-order valence-electron chi connectivity index (χ3n) is 8.54. The molecule has 0 saturated carbocycles. The van der Waals surface area contributed by atoms with Gasteiger partial charge in [-0.3, -0.25) is 0 Å². The summed E-state index contributed by atoms with van der Waals surface area (Å²) < 4.78 is 6.25. The SMILES string of the molecule is c1ccc(-c2noc(-c3ccccc3)c2-c2cc(N(c3ccccc3)c3ccccc3)cc(N(c3ccccc3)c3ccccc3)c2)cc1.